The minimum atomic E-state index is -0.507. The number of amides is 3. The van der Waals surface area contributed by atoms with Crippen LogP contribution in [-0.2, 0) is 33.8 Å². The summed E-state index contributed by atoms with van der Waals surface area (Å²) in [7, 11) is 0. The van der Waals surface area contributed by atoms with Crippen LogP contribution in [0.25, 0.3) is 0 Å². The molecule has 1 fully saturated rings. The Kier molecular flexibility index (Phi) is 9.38. The van der Waals surface area contributed by atoms with E-state index in [0.29, 0.717) is 76.4 Å². The van der Waals surface area contributed by atoms with Gasteiger partial charge in [0, 0.05) is 44.9 Å². The average Bonchev–Trinajstić information content (AvgIpc) is 3.37. The molecule has 10 heteroatoms. The third-order valence-electron chi connectivity index (χ3n) is 7.95. The van der Waals surface area contributed by atoms with Crippen LogP contribution in [0.3, 0.4) is 0 Å². The van der Waals surface area contributed by atoms with Gasteiger partial charge in [-0.25, -0.2) is 9.67 Å². The molecule has 5 rings (SSSR count). The smallest absolute Gasteiger partial charge is 0.243 e. The van der Waals surface area contributed by atoms with Crippen molar-refractivity contribution in [1.29, 1.82) is 0 Å². The first kappa shape index (κ1) is 28.4. The fourth-order valence-electron chi connectivity index (χ4n) is 5.82. The second-order valence-corrected chi connectivity index (χ2v) is 10.9. The molecule has 4 heterocycles. The van der Waals surface area contributed by atoms with E-state index >= 15 is 0 Å². The van der Waals surface area contributed by atoms with E-state index in [-0.39, 0.29) is 17.7 Å². The molecule has 2 aliphatic rings. The van der Waals surface area contributed by atoms with Crippen LogP contribution >= 0.6 is 0 Å². The summed E-state index contributed by atoms with van der Waals surface area (Å²) >= 11 is 0. The lowest BCUT2D eigenvalue weighted by atomic mass is 9.99. The van der Waals surface area contributed by atoms with E-state index in [2.05, 4.69) is 15.4 Å². The van der Waals surface area contributed by atoms with E-state index in [9.17, 15) is 14.4 Å². The van der Waals surface area contributed by atoms with Crippen LogP contribution in [0.5, 0.6) is 0 Å². The van der Waals surface area contributed by atoms with Crippen molar-refractivity contribution in [1.82, 2.24) is 34.9 Å². The summed E-state index contributed by atoms with van der Waals surface area (Å²) in [4.78, 5) is 52.9. The van der Waals surface area contributed by atoms with Gasteiger partial charge in [-0.05, 0) is 62.6 Å². The van der Waals surface area contributed by atoms with Crippen molar-refractivity contribution in [2.24, 2.45) is 0 Å². The molecule has 1 aromatic carbocycles. The van der Waals surface area contributed by atoms with Crippen LogP contribution < -0.4 is 5.32 Å². The van der Waals surface area contributed by atoms with Gasteiger partial charge in [-0.15, -0.1) is 0 Å². The van der Waals surface area contributed by atoms with Gasteiger partial charge in [-0.2, -0.15) is 5.10 Å². The van der Waals surface area contributed by atoms with E-state index < -0.39 is 12.1 Å². The maximum Gasteiger partial charge on any atom is 0.243 e. The number of pyridine rings is 1. The van der Waals surface area contributed by atoms with Crippen molar-refractivity contribution in [3.05, 3.63) is 77.6 Å². The number of nitrogens with one attached hydrogen (secondary N) is 1. The summed E-state index contributed by atoms with van der Waals surface area (Å²) in [6, 6.07) is 12.9. The molecule has 0 radical (unpaired) electrons. The second kappa shape index (κ2) is 13.5. The number of hydrogen-bond donors (Lipinski definition) is 1. The monoisotopic (exact) mass is 557 g/mol. The predicted molar refractivity (Wildman–Crippen MR) is 154 cm³/mol. The van der Waals surface area contributed by atoms with Gasteiger partial charge in [0.15, 0.2) is 0 Å². The number of carbonyl (C=O) groups is 3. The normalized spacial score (nSPS) is 20.5. The predicted octanol–water partition coefficient (Wildman–Crippen LogP) is 3.02. The highest BCUT2D eigenvalue weighted by molar-refractivity contribution is 5.88. The molecule has 216 valence electrons. The summed E-state index contributed by atoms with van der Waals surface area (Å²) in [5.41, 5.74) is 2.08. The molecular formula is C31H39N7O3. The third-order valence-corrected chi connectivity index (χ3v) is 7.95. The van der Waals surface area contributed by atoms with E-state index in [0.717, 1.165) is 24.0 Å². The number of aromatic nitrogens is 4. The Hall–Kier alpha value is -4.08. The number of benzene rings is 1. The number of hydrogen-bond acceptors (Lipinski definition) is 6. The number of carbonyl (C=O) groups excluding carboxylic acids is 3. The van der Waals surface area contributed by atoms with Crippen molar-refractivity contribution in [3.63, 3.8) is 0 Å². The maximum absolute atomic E-state index is 13.7. The quantitative estimate of drug-likeness (QED) is 0.516. The number of piperidine rings is 1. The summed E-state index contributed by atoms with van der Waals surface area (Å²) in [6.07, 6.45) is 8.30. The lowest BCUT2D eigenvalue weighted by molar-refractivity contribution is -0.143. The van der Waals surface area contributed by atoms with Crippen LogP contribution in [0, 0.1) is 6.92 Å². The molecule has 3 aromatic rings. The molecule has 3 amide bonds. The standard InChI is InChI=1S/C31H39N7O3/c1-23-33-30-26(21-24-9-3-2-4-10-24)34-31(41)27-12-5-6-18-37(27)29(40)13-8-17-36(19-20-38(30)35-23)28(39)15-14-25-11-7-16-32-22-25/h2-4,7,9-11,16,22,26-27H,5-6,8,12-15,17-21H2,1H3,(H,34,41)/t26-,27+/m1/s1. The molecule has 2 atom stereocenters. The molecule has 0 spiro atoms. The van der Waals surface area contributed by atoms with E-state index in [1.807, 2.05) is 59.0 Å². The number of rotatable bonds is 5. The molecule has 0 aliphatic carbocycles. The molecule has 0 bridgehead atoms. The molecular weight excluding hydrogens is 518 g/mol. The van der Waals surface area contributed by atoms with Crippen LogP contribution in [-0.4, -0.2) is 72.9 Å². The van der Waals surface area contributed by atoms with Crippen LogP contribution in [0.1, 0.15) is 67.3 Å². The van der Waals surface area contributed by atoms with Gasteiger partial charge >= 0.3 is 0 Å². The zero-order chi connectivity index (χ0) is 28.6. The SMILES string of the molecule is Cc1nc2n(n1)CCN(C(=O)CCc1cccnc1)CCCC(=O)N1CCCC[C@H]1C(=O)N[C@@H]2Cc1ccccc1. The zero-order valence-corrected chi connectivity index (χ0v) is 23.7. The first-order valence-corrected chi connectivity index (χ1v) is 14.7. The zero-order valence-electron chi connectivity index (χ0n) is 23.7. The van der Waals surface area contributed by atoms with Crippen molar-refractivity contribution in [3.8, 4) is 0 Å². The summed E-state index contributed by atoms with van der Waals surface area (Å²) in [5, 5.41) is 7.90. The summed E-state index contributed by atoms with van der Waals surface area (Å²) in [5.74, 6) is 1.14. The van der Waals surface area contributed by atoms with Gasteiger partial charge in [0.2, 0.25) is 17.7 Å². The minimum Gasteiger partial charge on any atom is -0.344 e. The fraction of sp³-hybridized carbons (Fsp3) is 0.484. The Labute approximate surface area is 241 Å². The largest absolute Gasteiger partial charge is 0.344 e. The highest BCUT2D eigenvalue weighted by Gasteiger charge is 2.34. The fourth-order valence-corrected chi connectivity index (χ4v) is 5.82. The van der Waals surface area contributed by atoms with Gasteiger partial charge in [0.25, 0.3) is 0 Å². The third kappa shape index (κ3) is 7.36. The van der Waals surface area contributed by atoms with Crippen molar-refractivity contribution >= 4 is 17.7 Å². The summed E-state index contributed by atoms with van der Waals surface area (Å²) < 4.78 is 1.83. The first-order chi connectivity index (χ1) is 20.0. The number of aryl methyl sites for hydroxylation is 2. The van der Waals surface area contributed by atoms with Gasteiger partial charge in [-0.1, -0.05) is 36.4 Å². The first-order valence-electron chi connectivity index (χ1n) is 14.7. The van der Waals surface area contributed by atoms with Gasteiger partial charge in [0.05, 0.1) is 12.6 Å². The van der Waals surface area contributed by atoms with E-state index in [4.69, 9.17) is 4.98 Å². The van der Waals surface area contributed by atoms with Gasteiger partial charge in [-0.3, -0.25) is 19.4 Å². The Balaban J connectivity index is 1.42. The average molecular weight is 558 g/mol. The Morgan fingerprint density at radius 2 is 1.80 bits per heavy atom. The Morgan fingerprint density at radius 1 is 0.976 bits per heavy atom. The molecule has 1 saturated heterocycles. The second-order valence-electron chi connectivity index (χ2n) is 10.9. The van der Waals surface area contributed by atoms with E-state index in [1.165, 1.54) is 0 Å². The van der Waals surface area contributed by atoms with Crippen molar-refractivity contribution < 1.29 is 14.4 Å². The molecule has 41 heavy (non-hydrogen) atoms. The molecule has 2 aliphatic heterocycles. The van der Waals surface area contributed by atoms with Crippen LogP contribution in [0.4, 0.5) is 0 Å². The summed E-state index contributed by atoms with van der Waals surface area (Å²) in [6.45, 7) is 3.77. The lowest BCUT2D eigenvalue weighted by Gasteiger charge is -2.36. The van der Waals surface area contributed by atoms with Crippen LogP contribution in [0.15, 0.2) is 54.9 Å². The Bertz CT molecular complexity index is 1330. The Morgan fingerprint density at radius 3 is 2.61 bits per heavy atom. The molecule has 0 unspecified atom stereocenters. The highest BCUT2D eigenvalue weighted by atomic mass is 16.2. The molecule has 1 N–H and O–H groups in total. The van der Waals surface area contributed by atoms with Crippen molar-refractivity contribution in [2.45, 2.75) is 76.9 Å². The van der Waals surface area contributed by atoms with Crippen LogP contribution in [0.2, 0.25) is 0 Å². The highest BCUT2D eigenvalue weighted by Crippen LogP contribution is 2.23. The molecule has 2 aromatic heterocycles. The minimum absolute atomic E-state index is 0.0247. The molecule has 10 nitrogen and oxygen atoms in total. The van der Waals surface area contributed by atoms with Crippen molar-refractivity contribution in [2.75, 3.05) is 19.6 Å². The number of nitrogens with zero attached hydrogens (tertiary/aromatic N) is 6. The number of fused-ring (bicyclic) bond motifs is 2. The lowest BCUT2D eigenvalue weighted by Crippen LogP contribution is -2.53. The van der Waals surface area contributed by atoms with Gasteiger partial charge < -0.3 is 15.1 Å². The van der Waals surface area contributed by atoms with E-state index in [1.54, 1.807) is 17.3 Å². The topological polar surface area (TPSA) is 113 Å². The molecule has 0 saturated carbocycles. The van der Waals surface area contributed by atoms with Gasteiger partial charge in [0.1, 0.15) is 17.7 Å². The maximum atomic E-state index is 13.7.